The van der Waals surface area contributed by atoms with Crippen LogP contribution in [-0.4, -0.2) is 30.7 Å². The normalized spacial score (nSPS) is 10.2. The minimum atomic E-state index is -0.373. The average molecular weight is 131 g/mol. The van der Waals surface area contributed by atoms with E-state index in [1.165, 1.54) is 0 Å². The molecule has 0 aliphatic rings. The topological polar surface area (TPSA) is 43.2 Å². The van der Waals surface area contributed by atoms with Gasteiger partial charge >= 0.3 is 5.91 Å². The zero-order valence-electron chi connectivity index (χ0n) is 5.92. The molecule has 0 aliphatic carbocycles. The first kappa shape index (κ1) is 8.59. The van der Waals surface area contributed by atoms with Crippen LogP contribution in [0.3, 0.4) is 0 Å². The highest BCUT2D eigenvalue weighted by Gasteiger charge is 2.18. The van der Waals surface area contributed by atoms with Crippen LogP contribution in [0.15, 0.2) is 0 Å². The highest BCUT2D eigenvalue weighted by atomic mass is 16.3. The van der Waals surface area contributed by atoms with E-state index in [0.717, 1.165) is 0 Å². The molecule has 0 aromatic rings. The lowest BCUT2D eigenvalue weighted by atomic mass is 10.5. The summed E-state index contributed by atoms with van der Waals surface area (Å²) in [7, 11) is 0. The summed E-state index contributed by atoms with van der Waals surface area (Å²) in [4.78, 5) is 12.2. The number of carbonyl (C=O) groups is 1. The molecule has 0 atom stereocenters. The minimum absolute atomic E-state index is 0.194. The Morgan fingerprint density at radius 2 is 1.89 bits per heavy atom. The van der Waals surface area contributed by atoms with Crippen LogP contribution < -0.4 is 4.90 Å². The van der Waals surface area contributed by atoms with E-state index in [9.17, 15) is 4.79 Å². The highest BCUT2D eigenvalue weighted by Crippen LogP contribution is 1.81. The lowest BCUT2D eigenvalue weighted by Gasteiger charge is -2.01. The van der Waals surface area contributed by atoms with Gasteiger partial charge in [0.2, 0.25) is 0 Å². The van der Waals surface area contributed by atoms with Crippen LogP contribution in [0.1, 0.15) is 13.8 Å². The monoisotopic (exact) mass is 131 g/mol. The van der Waals surface area contributed by atoms with Crippen molar-refractivity contribution in [2.45, 2.75) is 13.8 Å². The standard InChI is InChI=1S/C6H13NO2/c1-3-7(4-2)6(9)5-8/h8H,3-5H2,1-2H3/q+1. The Morgan fingerprint density at radius 3 is 2.00 bits per heavy atom. The largest absolute Gasteiger partial charge is 0.386 e. The summed E-state index contributed by atoms with van der Waals surface area (Å²) >= 11 is 0. The van der Waals surface area contributed by atoms with Crippen molar-refractivity contribution in [2.75, 3.05) is 19.7 Å². The zero-order chi connectivity index (χ0) is 7.28. The first-order chi connectivity index (χ1) is 4.26. The predicted molar refractivity (Wildman–Crippen MR) is 35.3 cm³/mol. The van der Waals surface area contributed by atoms with Gasteiger partial charge in [0, 0.05) is 0 Å². The molecule has 0 aromatic carbocycles. The third-order valence-corrected chi connectivity index (χ3v) is 1.25. The van der Waals surface area contributed by atoms with E-state index in [1.807, 2.05) is 13.8 Å². The lowest BCUT2D eigenvalue weighted by Crippen LogP contribution is -2.38. The van der Waals surface area contributed by atoms with Crippen LogP contribution in [0.25, 0.3) is 0 Å². The number of hydrogen-bond acceptors (Lipinski definition) is 2. The molecule has 1 amide bonds. The van der Waals surface area contributed by atoms with Crippen molar-refractivity contribution >= 4 is 5.91 Å². The van der Waals surface area contributed by atoms with Crippen molar-refractivity contribution in [2.24, 2.45) is 0 Å². The molecule has 0 spiro atoms. The molecule has 0 bridgehead atoms. The van der Waals surface area contributed by atoms with Gasteiger partial charge in [0.1, 0.15) is 13.1 Å². The zero-order valence-corrected chi connectivity index (χ0v) is 5.92. The predicted octanol–water partition coefficient (Wildman–Crippen LogP) is -0.315. The van der Waals surface area contributed by atoms with E-state index in [-0.39, 0.29) is 12.5 Å². The Bertz CT molecular complexity index is 89.1. The maximum Gasteiger partial charge on any atom is 0.386 e. The third-order valence-electron chi connectivity index (χ3n) is 1.25. The van der Waals surface area contributed by atoms with Crippen molar-refractivity contribution in [3.63, 3.8) is 0 Å². The maximum atomic E-state index is 10.6. The number of aliphatic hydroxyl groups excluding tert-OH is 1. The molecular formula is C6H13NO2+. The second-order valence-corrected chi connectivity index (χ2v) is 1.72. The number of aliphatic hydroxyl groups is 1. The quantitative estimate of drug-likeness (QED) is 0.534. The molecule has 0 saturated heterocycles. The molecule has 0 aliphatic heterocycles. The van der Waals surface area contributed by atoms with Gasteiger partial charge in [0.05, 0.1) is 0 Å². The van der Waals surface area contributed by atoms with E-state index in [0.29, 0.717) is 13.1 Å². The molecule has 9 heavy (non-hydrogen) atoms. The van der Waals surface area contributed by atoms with Gasteiger partial charge in [0.15, 0.2) is 6.61 Å². The van der Waals surface area contributed by atoms with Crippen molar-refractivity contribution in [1.29, 1.82) is 0 Å². The Hall–Kier alpha value is -0.410. The Labute approximate surface area is 55.3 Å². The van der Waals surface area contributed by atoms with Gasteiger partial charge in [-0.2, -0.15) is 0 Å². The Morgan fingerprint density at radius 1 is 1.44 bits per heavy atom. The summed E-state index contributed by atoms with van der Waals surface area (Å²) in [6.07, 6.45) is 0. The number of rotatable bonds is 3. The first-order valence-electron chi connectivity index (χ1n) is 3.14. The summed E-state index contributed by atoms with van der Waals surface area (Å²) < 4.78 is 0. The molecular weight excluding hydrogens is 118 g/mol. The molecule has 3 nitrogen and oxygen atoms in total. The van der Waals surface area contributed by atoms with Gasteiger partial charge in [-0.05, 0) is 13.8 Å². The summed E-state index contributed by atoms with van der Waals surface area (Å²) in [5.74, 6) is -0.194. The molecule has 0 aromatic heterocycles. The van der Waals surface area contributed by atoms with Gasteiger partial charge in [-0.15, -0.1) is 4.90 Å². The fraction of sp³-hybridized carbons (Fsp3) is 0.833. The van der Waals surface area contributed by atoms with Crippen molar-refractivity contribution < 1.29 is 9.90 Å². The van der Waals surface area contributed by atoms with Crippen LogP contribution >= 0.6 is 0 Å². The molecule has 0 saturated carbocycles. The van der Waals surface area contributed by atoms with Gasteiger partial charge in [-0.25, -0.2) is 4.79 Å². The second-order valence-electron chi connectivity index (χ2n) is 1.72. The van der Waals surface area contributed by atoms with Crippen molar-refractivity contribution in [3.05, 3.63) is 0 Å². The van der Waals surface area contributed by atoms with Crippen LogP contribution in [0.4, 0.5) is 0 Å². The van der Waals surface area contributed by atoms with E-state index >= 15 is 0 Å². The summed E-state index contributed by atoms with van der Waals surface area (Å²) in [6, 6.07) is 0. The second kappa shape index (κ2) is 4.47. The van der Waals surface area contributed by atoms with Crippen LogP contribution in [-0.2, 0) is 4.79 Å². The Balaban J connectivity index is 3.64. The average Bonchev–Trinajstić information content (AvgIpc) is 1.90. The number of amides is 1. The molecule has 1 N–H and O–H groups in total. The molecule has 3 heteroatoms. The third kappa shape index (κ3) is 2.58. The molecule has 1 radical (unpaired) electrons. The van der Waals surface area contributed by atoms with E-state index < -0.39 is 0 Å². The van der Waals surface area contributed by atoms with Crippen LogP contribution in [0.5, 0.6) is 0 Å². The lowest BCUT2D eigenvalue weighted by molar-refractivity contribution is -0.128. The molecule has 0 fully saturated rings. The minimum Gasteiger partial charge on any atom is -0.382 e. The van der Waals surface area contributed by atoms with Gasteiger partial charge in [-0.1, -0.05) is 0 Å². The van der Waals surface area contributed by atoms with E-state index in [4.69, 9.17) is 5.11 Å². The molecule has 0 rings (SSSR count). The van der Waals surface area contributed by atoms with Crippen LogP contribution in [0, 0.1) is 0 Å². The number of carbonyl (C=O) groups excluding carboxylic acids is 1. The smallest absolute Gasteiger partial charge is 0.382 e. The van der Waals surface area contributed by atoms with E-state index in [2.05, 4.69) is 0 Å². The summed E-state index contributed by atoms with van der Waals surface area (Å²) in [6.45, 7) is 4.75. The Kier molecular flexibility index (Phi) is 4.26. The van der Waals surface area contributed by atoms with Gasteiger partial charge in [0.25, 0.3) is 0 Å². The number of nitrogens with zero attached hydrogens (tertiary/aromatic N) is 1. The summed E-state index contributed by atoms with van der Waals surface area (Å²) in [5.41, 5.74) is 0. The highest BCUT2D eigenvalue weighted by molar-refractivity contribution is 5.79. The summed E-state index contributed by atoms with van der Waals surface area (Å²) in [5, 5.41) is 8.38. The first-order valence-corrected chi connectivity index (χ1v) is 3.14. The fourth-order valence-electron chi connectivity index (χ4n) is 0.676. The van der Waals surface area contributed by atoms with Gasteiger partial charge in [-0.3, -0.25) is 0 Å². The van der Waals surface area contributed by atoms with E-state index in [1.54, 1.807) is 4.90 Å². The van der Waals surface area contributed by atoms with Crippen LogP contribution in [0.2, 0.25) is 0 Å². The molecule has 0 unspecified atom stereocenters. The molecule has 0 heterocycles. The van der Waals surface area contributed by atoms with Crippen molar-refractivity contribution in [1.82, 2.24) is 4.90 Å². The maximum absolute atomic E-state index is 10.6. The van der Waals surface area contributed by atoms with Gasteiger partial charge < -0.3 is 5.11 Å². The number of likely N-dealkylation sites (N-methyl/N-ethyl adjacent to an activating group) is 1. The SMILES string of the molecule is CC[N+](CC)C(=O)CO. The van der Waals surface area contributed by atoms with Crippen molar-refractivity contribution in [3.8, 4) is 0 Å². The molecule has 53 valence electrons. The fourth-order valence-corrected chi connectivity index (χ4v) is 0.676. The number of hydrogen-bond donors (Lipinski definition) is 1.